The van der Waals surface area contributed by atoms with E-state index in [-0.39, 0.29) is 5.56 Å². The lowest BCUT2D eigenvalue weighted by Gasteiger charge is -2.06. The van der Waals surface area contributed by atoms with Gasteiger partial charge in [-0.1, -0.05) is 12.1 Å². The first-order valence-corrected chi connectivity index (χ1v) is 4.29. The molecule has 1 aromatic carbocycles. The van der Waals surface area contributed by atoms with Gasteiger partial charge in [-0.2, -0.15) is 13.2 Å². The maximum atomic E-state index is 12.2. The first-order valence-electron chi connectivity index (χ1n) is 4.29. The molecule has 88 valence electrons. The first-order chi connectivity index (χ1) is 7.45. The highest BCUT2D eigenvalue weighted by Crippen LogP contribution is 2.29. The van der Waals surface area contributed by atoms with Gasteiger partial charge in [-0.05, 0) is 12.1 Å². The monoisotopic (exact) mass is 236 g/mol. The third kappa shape index (κ3) is 3.30. The van der Waals surface area contributed by atoms with Crippen molar-refractivity contribution in [1.82, 2.24) is 0 Å². The van der Waals surface area contributed by atoms with E-state index in [1.165, 1.54) is 0 Å². The highest BCUT2D eigenvalue weighted by atomic mass is 19.4. The molecule has 16 heavy (non-hydrogen) atoms. The number of carbonyl (C=O) groups excluding carboxylic acids is 1. The van der Waals surface area contributed by atoms with Crippen LogP contribution in [-0.4, -0.2) is 19.3 Å². The second kappa shape index (κ2) is 5.07. The number of rotatable bonds is 4. The molecular weight excluding hydrogens is 228 g/mol. The van der Waals surface area contributed by atoms with Gasteiger partial charge >= 0.3 is 6.18 Å². The largest absolute Gasteiger partial charge is 0.416 e. The van der Waals surface area contributed by atoms with E-state index in [9.17, 15) is 22.4 Å². The fraction of sp³-hybridized carbons (Fsp3) is 0.300. The van der Waals surface area contributed by atoms with Gasteiger partial charge in [0.2, 0.25) is 0 Å². The third-order valence-corrected chi connectivity index (χ3v) is 1.84. The molecule has 0 spiro atoms. The van der Waals surface area contributed by atoms with E-state index in [1.54, 1.807) is 0 Å². The second-order valence-corrected chi connectivity index (χ2v) is 2.96. The standard InChI is InChI=1S/C10H8F4O2/c11-6-16-5-9(15)7-1-3-8(4-2-7)10(12,13)14/h1-4H,5-6H2. The fourth-order valence-electron chi connectivity index (χ4n) is 1.06. The summed E-state index contributed by atoms with van der Waals surface area (Å²) >= 11 is 0. The topological polar surface area (TPSA) is 26.3 Å². The molecule has 0 aliphatic heterocycles. The number of ketones is 1. The van der Waals surface area contributed by atoms with E-state index >= 15 is 0 Å². The number of hydrogen-bond donors (Lipinski definition) is 0. The predicted octanol–water partition coefficient (Wildman–Crippen LogP) is 2.83. The summed E-state index contributed by atoms with van der Waals surface area (Å²) in [5.41, 5.74) is -0.781. The Morgan fingerprint density at radius 3 is 2.19 bits per heavy atom. The Kier molecular flexibility index (Phi) is 4.00. The molecule has 0 radical (unpaired) electrons. The van der Waals surface area contributed by atoms with Crippen molar-refractivity contribution in [3.05, 3.63) is 35.4 Å². The van der Waals surface area contributed by atoms with E-state index in [0.717, 1.165) is 24.3 Å². The maximum Gasteiger partial charge on any atom is 0.416 e. The molecule has 0 bridgehead atoms. The lowest BCUT2D eigenvalue weighted by Crippen LogP contribution is -2.10. The summed E-state index contributed by atoms with van der Waals surface area (Å²) in [6.45, 7) is -1.59. The van der Waals surface area contributed by atoms with Crippen LogP contribution in [0.15, 0.2) is 24.3 Å². The molecule has 0 atom stereocenters. The number of halogens is 4. The highest BCUT2D eigenvalue weighted by Gasteiger charge is 2.30. The Morgan fingerprint density at radius 1 is 1.19 bits per heavy atom. The molecule has 0 amide bonds. The number of benzene rings is 1. The van der Waals surface area contributed by atoms with Crippen LogP contribution in [0.1, 0.15) is 15.9 Å². The normalized spacial score (nSPS) is 11.5. The molecule has 0 saturated carbocycles. The Morgan fingerprint density at radius 2 is 1.75 bits per heavy atom. The predicted molar refractivity (Wildman–Crippen MR) is 47.7 cm³/mol. The van der Waals surface area contributed by atoms with Crippen LogP contribution in [0.4, 0.5) is 17.6 Å². The van der Waals surface area contributed by atoms with Gasteiger partial charge in [0, 0.05) is 5.56 Å². The summed E-state index contributed by atoms with van der Waals surface area (Å²) < 4.78 is 52.3. The van der Waals surface area contributed by atoms with E-state index < -0.39 is 31.0 Å². The van der Waals surface area contributed by atoms with Gasteiger partial charge in [0.1, 0.15) is 6.61 Å². The van der Waals surface area contributed by atoms with Crippen LogP contribution in [-0.2, 0) is 10.9 Å². The molecule has 0 heterocycles. The Bertz CT molecular complexity index is 356. The SMILES string of the molecule is O=C(COCF)c1ccc(C(F)(F)F)cc1. The zero-order valence-corrected chi connectivity index (χ0v) is 8.05. The summed E-state index contributed by atoms with van der Waals surface area (Å²) in [6.07, 6.45) is -4.43. The summed E-state index contributed by atoms with van der Waals surface area (Å²) in [6, 6.07) is 3.66. The molecule has 0 aromatic heterocycles. The maximum absolute atomic E-state index is 12.2. The van der Waals surface area contributed by atoms with Crippen molar-refractivity contribution in [3.63, 3.8) is 0 Å². The van der Waals surface area contributed by atoms with Gasteiger partial charge < -0.3 is 4.74 Å². The Balaban J connectivity index is 2.75. The minimum atomic E-state index is -4.43. The fourth-order valence-corrected chi connectivity index (χ4v) is 1.06. The van der Waals surface area contributed by atoms with Crippen molar-refractivity contribution < 1.29 is 27.1 Å². The van der Waals surface area contributed by atoms with Crippen molar-refractivity contribution in [2.45, 2.75) is 6.18 Å². The van der Waals surface area contributed by atoms with Crippen LogP contribution in [0.25, 0.3) is 0 Å². The molecule has 0 saturated heterocycles. The smallest absolute Gasteiger partial charge is 0.342 e. The lowest BCUT2D eigenvalue weighted by molar-refractivity contribution is -0.137. The molecule has 0 aliphatic carbocycles. The molecule has 1 rings (SSSR count). The highest BCUT2D eigenvalue weighted by molar-refractivity contribution is 5.97. The number of alkyl halides is 4. The van der Waals surface area contributed by atoms with Gasteiger partial charge in [0.25, 0.3) is 0 Å². The minimum absolute atomic E-state index is 0.0569. The molecule has 2 nitrogen and oxygen atoms in total. The van der Waals surface area contributed by atoms with E-state index in [2.05, 4.69) is 4.74 Å². The number of hydrogen-bond acceptors (Lipinski definition) is 2. The van der Waals surface area contributed by atoms with Gasteiger partial charge in [0.15, 0.2) is 12.6 Å². The molecule has 0 fully saturated rings. The summed E-state index contributed by atoms with van der Waals surface area (Å²) in [5.74, 6) is -0.564. The molecule has 6 heteroatoms. The van der Waals surface area contributed by atoms with Crippen molar-refractivity contribution in [2.24, 2.45) is 0 Å². The Labute approximate surface area is 88.8 Å². The van der Waals surface area contributed by atoms with Crippen LogP contribution in [0.3, 0.4) is 0 Å². The van der Waals surface area contributed by atoms with Crippen molar-refractivity contribution in [1.29, 1.82) is 0 Å². The molecule has 0 N–H and O–H groups in total. The van der Waals surface area contributed by atoms with Crippen LogP contribution >= 0.6 is 0 Å². The average Bonchev–Trinajstić information content (AvgIpc) is 2.25. The minimum Gasteiger partial charge on any atom is -0.342 e. The van der Waals surface area contributed by atoms with E-state index in [1.807, 2.05) is 0 Å². The van der Waals surface area contributed by atoms with E-state index in [4.69, 9.17) is 0 Å². The number of carbonyl (C=O) groups is 1. The molecule has 1 aromatic rings. The Hall–Kier alpha value is -1.43. The van der Waals surface area contributed by atoms with Gasteiger partial charge in [-0.3, -0.25) is 4.79 Å². The first kappa shape index (κ1) is 12.6. The number of ether oxygens (including phenoxy) is 1. The van der Waals surface area contributed by atoms with Crippen LogP contribution in [0, 0.1) is 0 Å². The average molecular weight is 236 g/mol. The van der Waals surface area contributed by atoms with Crippen molar-refractivity contribution in [3.8, 4) is 0 Å². The van der Waals surface area contributed by atoms with E-state index in [0.29, 0.717) is 0 Å². The summed E-state index contributed by atoms with van der Waals surface area (Å²) in [7, 11) is 0. The van der Waals surface area contributed by atoms with Gasteiger partial charge in [0.05, 0.1) is 5.56 Å². The number of Topliss-reactive ketones (excluding diaryl/α,β-unsaturated/α-hetero) is 1. The third-order valence-electron chi connectivity index (χ3n) is 1.84. The summed E-state index contributed by atoms with van der Waals surface area (Å²) in [5, 5.41) is 0. The van der Waals surface area contributed by atoms with Crippen molar-refractivity contribution >= 4 is 5.78 Å². The quantitative estimate of drug-likeness (QED) is 0.593. The van der Waals surface area contributed by atoms with Crippen molar-refractivity contribution in [2.75, 3.05) is 13.5 Å². The van der Waals surface area contributed by atoms with Gasteiger partial charge in [-0.25, -0.2) is 4.39 Å². The lowest BCUT2D eigenvalue weighted by atomic mass is 10.1. The van der Waals surface area contributed by atoms with Gasteiger partial charge in [-0.15, -0.1) is 0 Å². The molecule has 0 aliphatic rings. The van der Waals surface area contributed by atoms with Crippen LogP contribution in [0.2, 0.25) is 0 Å². The zero-order valence-electron chi connectivity index (χ0n) is 8.05. The summed E-state index contributed by atoms with van der Waals surface area (Å²) in [4.78, 5) is 11.2. The second-order valence-electron chi connectivity index (χ2n) is 2.96. The zero-order chi connectivity index (χ0) is 12.2. The molecular formula is C10H8F4O2. The van der Waals surface area contributed by atoms with Crippen LogP contribution in [0.5, 0.6) is 0 Å². The van der Waals surface area contributed by atoms with Crippen LogP contribution < -0.4 is 0 Å². The molecule has 0 unspecified atom stereocenters.